The van der Waals surface area contributed by atoms with Gasteiger partial charge in [-0.1, -0.05) is 91.0 Å². The number of tetrazole rings is 1. The van der Waals surface area contributed by atoms with Gasteiger partial charge in [-0.25, -0.2) is 0 Å². The Morgan fingerprint density at radius 2 is 1.38 bits per heavy atom. The van der Waals surface area contributed by atoms with Crippen LogP contribution in [0.4, 0.5) is 0 Å². The van der Waals surface area contributed by atoms with Crippen molar-refractivity contribution in [3.63, 3.8) is 0 Å². The van der Waals surface area contributed by atoms with E-state index in [1.54, 1.807) is 0 Å². The summed E-state index contributed by atoms with van der Waals surface area (Å²) in [6.45, 7) is 8.91. The Labute approximate surface area is 247 Å². The van der Waals surface area contributed by atoms with Gasteiger partial charge in [0.25, 0.3) is 0 Å². The van der Waals surface area contributed by atoms with Crippen molar-refractivity contribution in [2.24, 2.45) is 0 Å². The van der Waals surface area contributed by atoms with Crippen LogP contribution in [0.15, 0.2) is 109 Å². The molecule has 7 heteroatoms. The number of para-hydroxylation sites is 2. The average molecular weight is 557 g/mol. The highest BCUT2D eigenvalue weighted by Gasteiger charge is 2.31. The molecule has 212 valence electrons. The molecule has 4 aromatic carbocycles. The van der Waals surface area contributed by atoms with Crippen molar-refractivity contribution in [2.45, 2.75) is 19.9 Å². The van der Waals surface area contributed by atoms with E-state index < -0.39 is 0 Å². The minimum atomic E-state index is -0.105. The zero-order chi connectivity index (χ0) is 28.7. The average Bonchev–Trinajstić information content (AvgIpc) is 3.49. The molecule has 1 aliphatic heterocycles. The number of nitrogens with zero attached hydrogens (tertiary/aromatic N) is 6. The third-order valence-electron chi connectivity index (χ3n) is 7.81. The summed E-state index contributed by atoms with van der Waals surface area (Å²) in [6, 6.07) is 34.9. The first-order chi connectivity index (χ1) is 20.7. The third-order valence-corrected chi connectivity index (χ3v) is 7.81. The van der Waals surface area contributed by atoms with Gasteiger partial charge in [-0.2, -0.15) is 4.68 Å². The van der Waals surface area contributed by atoms with Gasteiger partial charge in [0.05, 0.1) is 11.7 Å². The van der Waals surface area contributed by atoms with Crippen molar-refractivity contribution < 1.29 is 4.74 Å². The van der Waals surface area contributed by atoms with Crippen LogP contribution in [0.1, 0.15) is 34.1 Å². The predicted octanol–water partition coefficient (Wildman–Crippen LogP) is 6.49. The molecule has 2 heterocycles. The van der Waals surface area contributed by atoms with Crippen LogP contribution >= 0.6 is 0 Å². The van der Waals surface area contributed by atoms with Gasteiger partial charge >= 0.3 is 0 Å². The number of hydrogen-bond donors (Lipinski definition) is 0. The van der Waals surface area contributed by atoms with Crippen LogP contribution in [0.25, 0.3) is 11.8 Å². The third kappa shape index (κ3) is 6.33. The lowest BCUT2D eigenvalue weighted by atomic mass is 10.0. The smallest absolute Gasteiger partial charge is 0.178 e. The topological polar surface area (TPSA) is 59.3 Å². The van der Waals surface area contributed by atoms with Gasteiger partial charge in [-0.05, 0) is 70.8 Å². The lowest BCUT2D eigenvalue weighted by molar-refractivity contribution is 0.113. The molecule has 0 spiro atoms. The van der Waals surface area contributed by atoms with Crippen LogP contribution in [0.3, 0.4) is 0 Å². The summed E-state index contributed by atoms with van der Waals surface area (Å²) in [7, 11) is 0. The Bertz CT molecular complexity index is 1590. The molecule has 5 aromatic rings. The number of piperazine rings is 1. The molecule has 1 atom stereocenters. The zero-order valence-electron chi connectivity index (χ0n) is 24.2. The Morgan fingerprint density at radius 3 is 2.07 bits per heavy atom. The van der Waals surface area contributed by atoms with E-state index in [4.69, 9.17) is 4.74 Å². The Morgan fingerprint density at radius 1 is 0.738 bits per heavy atom. The summed E-state index contributed by atoms with van der Waals surface area (Å²) in [4.78, 5) is 5.00. The summed E-state index contributed by atoms with van der Waals surface area (Å²) >= 11 is 0. The van der Waals surface area contributed by atoms with E-state index in [-0.39, 0.29) is 6.04 Å². The van der Waals surface area contributed by atoms with E-state index in [1.165, 1.54) is 5.56 Å². The van der Waals surface area contributed by atoms with E-state index in [2.05, 4.69) is 106 Å². The molecule has 1 aliphatic rings. The molecular formula is C35H36N6O. The fraction of sp³-hybridized carbons (Fsp3) is 0.229. The van der Waals surface area contributed by atoms with Crippen LogP contribution in [0, 0.1) is 13.8 Å². The first kappa shape index (κ1) is 27.6. The SMILES string of the molecule is Cc1cccc(C)c1-n1nnnc1[C@@H](c1ccc(Oc2ccccc2)cc1)N1CCN(CC=Cc2ccccc2)CC1. The second-order valence-corrected chi connectivity index (χ2v) is 10.7. The second-order valence-electron chi connectivity index (χ2n) is 10.7. The maximum atomic E-state index is 6.09. The highest BCUT2D eigenvalue weighted by molar-refractivity contribution is 5.49. The number of hydrogen-bond acceptors (Lipinski definition) is 6. The van der Waals surface area contributed by atoms with Crippen molar-refractivity contribution in [2.75, 3.05) is 32.7 Å². The van der Waals surface area contributed by atoms with Crippen molar-refractivity contribution in [3.05, 3.63) is 137 Å². The molecular weight excluding hydrogens is 520 g/mol. The lowest BCUT2D eigenvalue weighted by Gasteiger charge is -2.38. The van der Waals surface area contributed by atoms with Crippen LogP contribution in [-0.4, -0.2) is 62.7 Å². The first-order valence-corrected chi connectivity index (χ1v) is 14.5. The zero-order valence-corrected chi connectivity index (χ0v) is 24.2. The predicted molar refractivity (Wildman–Crippen MR) is 167 cm³/mol. The maximum absolute atomic E-state index is 6.09. The number of rotatable bonds is 9. The van der Waals surface area contributed by atoms with Crippen LogP contribution in [0.2, 0.25) is 0 Å². The fourth-order valence-electron chi connectivity index (χ4n) is 5.64. The number of ether oxygens (including phenoxy) is 1. The molecule has 1 aromatic heterocycles. The van der Waals surface area contributed by atoms with E-state index >= 15 is 0 Å². The molecule has 0 radical (unpaired) electrons. The van der Waals surface area contributed by atoms with Crippen molar-refractivity contribution in [3.8, 4) is 17.2 Å². The Balaban J connectivity index is 1.26. The largest absolute Gasteiger partial charge is 0.457 e. The highest BCUT2D eigenvalue weighted by Crippen LogP contribution is 2.32. The van der Waals surface area contributed by atoms with Crippen LogP contribution in [0.5, 0.6) is 11.5 Å². The van der Waals surface area contributed by atoms with E-state index in [1.807, 2.05) is 53.2 Å². The monoisotopic (exact) mass is 556 g/mol. The number of aryl methyl sites for hydroxylation is 2. The Kier molecular flexibility index (Phi) is 8.49. The molecule has 7 nitrogen and oxygen atoms in total. The molecule has 6 rings (SSSR count). The van der Waals surface area contributed by atoms with E-state index in [0.29, 0.717) is 0 Å². The van der Waals surface area contributed by atoms with Crippen molar-refractivity contribution in [1.29, 1.82) is 0 Å². The van der Waals surface area contributed by atoms with Gasteiger partial charge in [-0.3, -0.25) is 9.80 Å². The number of aromatic nitrogens is 4. The molecule has 0 saturated carbocycles. The summed E-state index contributed by atoms with van der Waals surface area (Å²) in [5.41, 5.74) is 5.69. The van der Waals surface area contributed by atoms with E-state index in [9.17, 15) is 0 Å². The van der Waals surface area contributed by atoms with Crippen molar-refractivity contribution in [1.82, 2.24) is 30.0 Å². The van der Waals surface area contributed by atoms with Gasteiger partial charge in [0.1, 0.15) is 11.5 Å². The minimum Gasteiger partial charge on any atom is -0.457 e. The standard InChI is InChI=1S/C35H36N6O/c1-27-11-9-12-28(2)33(27)41-35(36-37-38-41)34(30-18-20-32(21-19-30)42-31-16-7-4-8-17-31)40-25-23-39(24-26-40)22-10-15-29-13-5-3-6-14-29/h3-21,34H,22-26H2,1-2H3/t34-/m1/s1. The minimum absolute atomic E-state index is 0.105. The van der Waals surface area contributed by atoms with Gasteiger partial charge in [0.2, 0.25) is 0 Å². The van der Waals surface area contributed by atoms with Crippen LogP contribution < -0.4 is 4.74 Å². The number of benzene rings is 4. The van der Waals surface area contributed by atoms with Crippen LogP contribution in [-0.2, 0) is 0 Å². The Hall–Kier alpha value is -4.59. The molecule has 0 aliphatic carbocycles. The van der Waals surface area contributed by atoms with Gasteiger partial charge < -0.3 is 4.74 Å². The van der Waals surface area contributed by atoms with E-state index in [0.717, 1.165) is 72.4 Å². The summed E-state index contributed by atoms with van der Waals surface area (Å²) in [6.07, 6.45) is 4.46. The fourth-order valence-corrected chi connectivity index (χ4v) is 5.64. The molecule has 1 saturated heterocycles. The molecule has 0 unspecified atom stereocenters. The summed E-state index contributed by atoms with van der Waals surface area (Å²) in [5.74, 6) is 2.44. The molecule has 0 N–H and O–H groups in total. The molecule has 42 heavy (non-hydrogen) atoms. The summed E-state index contributed by atoms with van der Waals surface area (Å²) < 4.78 is 8.01. The van der Waals surface area contributed by atoms with Gasteiger partial charge in [-0.15, -0.1) is 5.10 Å². The second kappa shape index (κ2) is 12.9. The molecule has 0 bridgehead atoms. The lowest BCUT2D eigenvalue weighted by Crippen LogP contribution is -2.48. The first-order valence-electron chi connectivity index (χ1n) is 14.5. The summed E-state index contributed by atoms with van der Waals surface area (Å²) in [5, 5.41) is 13.3. The maximum Gasteiger partial charge on any atom is 0.178 e. The normalized spacial score (nSPS) is 15.2. The van der Waals surface area contributed by atoms with Gasteiger partial charge in [0.15, 0.2) is 5.82 Å². The quantitative estimate of drug-likeness (QED) is 0.207. The van der Waals surface area contributed by atoms with Crippen molar-refractivity contribution >= 4 is 6.08 Å². The molecule has 0 amide bonds. The molecule has 1 fully saturated rings. The highest BCUT2D eigenvalue weighted by atomic mass is 16.5. The van der Waals surface area contributed by atoms with Gasteiger partial charge in [0, 0.05) is 32.7 Å².